The first-order chi connectivity index (χ1) is 2.96. The molecule has 0 saturated carbocycles. The second-order valence-electron chi connectivity index (χ2n) is 1.27. The first-order valence-corrected chi connectivity index (χ1v) is 2.51. The molecule has 0 nitrogen and oxygen atoms in total. The van der Waals surface area contributed by atoms with Crippen LogP contribution >= 0.6 is 0 Å². The number of alkyl halides is 4. The van der Waals surface area contributed by atoms with Crippen molar-refractivity contribution in [3.8, 4) is 0 Å². The summed E-state index contributed by atoms with van der Waals surface area (Å²) in [5.41, 5.74) is -7.32. The second-order valence-corrected chi connectivity index (χ2v) is 2.78. The maximum atomic E-state index is 11.2. The SMILES string of the molecule is FC1(F)[Si]C1(F)F. The van der Waals surface area contributed by atoms with Crippen LogP contribution in [-0.2, 0) is 0 Å². The van der Waals surface area contributed by atoms with Gasteiger partial charge in [0.25, 0.3) is 11.1 Å². The van der Waals surface area contributed by atoms with Crippen molar-refractivity contribution >= 4 is 9.52 Å². The predicted molar refractivity (Wildman–Crippen MR) is 15.6 cm³/mol. The van der Waals surface area contributed by atoms with Gasteiger partial charge in [0.1, 0.15) is 0 Å². The topological polar surface area (TPSA) is 0 Å². The van der Waals surface area contributed by atoms with E-state index in [1.165, 1.54) is 0 Å². The monoisotopic (exact) mass is 128 g/mol. The average molecular weight is 128 g/mol. The van der Waals surface area contributed by atoms with Gasteiger partial charge in [0.05, 0.1) is 0 Å². The van der Waals surface area contributed by atoms with E-state index in [9.17, 15) is 17.6 Å². The Morgan fingerprint density at radius 1 is 0.857 bits per heavy atom. The lowest BCUT2D eigenvalue weighted by Crippen LogP contribution is -2.02. The Bertz CT molecular complexity index is 85.9. The maximum absolute atomic E-state index is 11.2. The summed E-state index contributed by atoms with van der Waals surface area (Å²) in [6, 6.07) is 0. The molecule has 0 aromatic rings. The Labute approximate surface area is 39.3 Å². The minimum absolute atomic E-state index is 1.48. The van der Waals surface area contributed by atoms with E-state index in [-0.39, 0.29) is 0 Å². The standard InChI is InChI=1S/C2F4Si/c3-1(4)2(5,6)7-1. The van der Waals surface area contributed by atoms with Gasteiger partial charge in [-0.25, -0.2) is 17.6 Å². The van der Waals surface area contributed by atoms with Gasteiger partial charge in [0, 0.05) is 0 Å². The number of rotatable bonds is 0. The largest absolute Gasteiger partial charge is 0.289 e. The average Bonchev–Trinajstić information content (AvgIpc) is 1.63. The van der Waals surface area contributed by atoms with Crippen LogP contribution in [0.15, 0.2) is 0 Å². The van der Waals surface area contributed by atoms with Crippen LogP contribution in [0.4, 0.5) is 17.6 Å². The van der Waals surface area contributed by atoms with Crippen LogP contribution in [-0.4, -0.2) is 20.6 Å². The smallest absolute Gasteiger partial charge is 0.206 e. The molecule has 1 fully saturated rings. The summed E-state index contributed by atoms with van der Waals surface area (Å²) < 4.78 is 44.7. The fourth-order valence-corrected chi connectivity index (χ4v) is 0.498. The van der Waals surface area contributed by atoms with E-state index in [4.69, 9.17) is 0 Å². The lowest BCUT2D eigenvalue weighted by atomic mass is 10.8. The molecule has 5 heteroatoms. The molecule has 0 spiro atoms. The lowest BCUT2D eigenvalue weighted by molar-refractivity contribution is -0.0278. The molecule has 0 atom stereocenters. The first kappa shape index (κ1) is 5.08. The van der Waals surface area contributed by atoms with E-state index in [0.717, 1.165) is 0 Å². The van der Waals surface area contributed by atoms with Crippen LogP contribution in [0.1, 0.15) is 0 Å². The number of hydrogen-bond acceptors (Lipinski definition) is 0. The summed E-state index contributed by atoms with van der Waals surface area (Å²) in [6.45, 7) is 0. The quantitative estimate of drug-likeness (QED) is 0.335. The third-order valence-corrected chi connectivity index (χ3v) is 1.65. The highest BCUT2D eigenvalue weighted by molar-refractivity contribution is 6.57. The third-order valence-electron chi connectivity index (χ3n) is 0.646. The van der Waals surface area contributed by atoms with Gasteiger partial charge >= 0.3 is 0 Å². The van der Waals surface area contributed by atoms with Crippen molar-refractivity contribution in [3.05, 3.63) is 0 Å². The second kappa shape index (κ2) is 0.865. The molecular formula is C2F4Si. The molecule has 1 aliphatic rings. The summed E-state index contributed by atoms with van der Waals surface area (Å²) in [5, 5.41) is 0. The van der Waals surface area contributed by atoms with E-state index in [1.54, 1.807) is 0 Å². The molecule has 0 amide bonds. The van der Waals surface area contributed by atoms with Gasteiger partial charge < -0.3 is 0 Å². The van der Waals surface area contributed by atoms with Gasteiger partial charge in [-0.15, -0.1) is 0 Å². The van der Waals surface area contributed by atoms with Gasteiger partial charge in [-0.1, -0.05) is 0 Å². The molecule has 0 bridgehead atoms. The highest BCUT2D eigenvalue weighted by Gasteiger charge is 2.76. The van der Waals surface area contributed by atoms with Crippen molar-refractivity contribution in [1.82, 2.24) is 0 Å². The molecule has 1 rings (SSSR count). The summed E-state index contributed by atoms with van der Waals surface area (Å²) in [5.74, 6) is 0. The van der Waals surface area contributed by atoms with Gasteiger partial charge in [0.15, 0.2) is 0 Å². The minimum atomic E-state index is -3.66. The van der Waals surface area contributed by atoms with Crippen LogP contribution in [0.2, 0.25) is 0 Å². The van der Waals surface area contributed by atoms with E-state index in [1.807, 2.05) is 0 Å². The Hall–Kier alpha value is -0.0631. The van der Waals surface area contributed by atoms with E-state index in [2.05, 4.69) is 0 Å². The lowest BCUT2D eigenvalue weighted by Gasteiger charge is -1.89. The molecule has 0 aliphatic carbocycles. The fraction of sp³-hybridized carbons (Fsp3) is 1.00. The molecule has 1 saturated heterocycles. The third kappa shape index (κ3) is 0.550. The Morgan fingerprint density at radius 2 is 1.00 bits per heavy atom. The van der Waals surface area contributed by atoms with Gasteiger partial charge in [-0.05, 0) is 0 Å². The molecule has 0 N–H and O–H groups in total. The Balaban J connectivity index is 2.59. The zero-order valence-corrected chi connectivity index (χ0v) is 4.01. The van der Waals surface area contributed by atoms with Gasteiger partial charge in [-0.3, -0.25) is 0 Å². The van der Waals surface area contributed by atoms with Crippen molar-refractivity contribution in [2.24, 2.45) is 0 Å². The normalized spacial score (nSPS) is 32.6. The summed E-state index contributed by atoms with van der Waals surface area (Å²) in [6.07, 6.45) is 0. The molecule has 40 valence electrons. The zero-order valence-electron chi connectivity index (χ0n) is 3.01. The molecule has 1 aliphatic heterocycles. The molecule has 1 heterocycles. The first-order valence-electron chi connectivity index (χ1n) is 1.51. The Morgan fingerprint density at radius 3 is 1.00 bits per heavy atom. The molecule has 7 heavy (non-hydrogen) atoms. The molecular weight excluding hydrogens is 128 g/mol. The maximum Gasteiger partial charge on any atom is 0.289 e. The highest BCUT2D eigenvalue weighted by Crippen LogP contribution is 2.47. The fourth-order valence-electron chi connectivity index (χ4n) is 0.166. The van der Waals surface area contributed by atoms with Crippen LogP contribution in [0.5, 0.6) is 0 Å². The molecule has 0 unspecified atom stereocenters. The van der Waals surface area contributed by atoms with Crippen molar-refractivity contribution < 1.29 is 17.6 Å². The highest BCUT2D eigenvalue weighted by atomic mass is 28.2. The zero-order chi connectivity index (χ0) is 5.71. The summed E-state index contributed by atoms with van der Waals surface area (Å²) in [7, 11) is -1.48. The van der Waals surface area contributed by atoms with E-state index in [0.29, 0.717) is 0 Å². The van der Waals surface area contributed by atoms with Crippen LogP contribution < -0.4 is 0 Å². The molecule has 0 aromatic carbocycles. The Kier molecular flexibility index (Phi) is 0.628. The van der Waals surface area contributed by atoms with Crippen LogP contribution in [0.25, 0.3) is 0 Å². The van der Waals surface area contributed by atoms with Gasteiger partial charge in [0.2, 0.25) is 9.52 Å². The van der Waals surface area contributed by atoms with Crippen LogP contribution in [0.3, 0.4) is 0 Å². The van der Waals surface area contributed by atoms with E-state index < -0.39 is 20.6 Å². The van der Waals surface area contributed by atoms with Crippen molar-refractivity contribution in [2.45, 2.75) is 11.1 Å². The van der Waals surface area contributed by atoms with Crippen molar-refractivity contribution in [2.75, 3.05) is 0 Å². The molecule has 2 radical (unpaired) electrons. The van der Waals surface area contributed by atoms with E-state index >= 15 is 0 Å². The minimum Gasteiger partial charge on any atom is -0.206 e. The van der Waals surface area contributed by atoms with Crippen molar-refractivity contribution in [1.29, 1.82) is 0 Å². The predicted octanol–water partition coefficient (Wildman–Crippen LogP) is 0.890. The number of halogens is 4. The number of hydrogen-bond donors (Lipinski definition) is 0. The van der Waals surface area contributed by atoms with Crippen LogP contribution in [0, 0.1) is 0 Å². The summed E-state index contributed by atoms with van der Waals surface area (Å²) >= 11 is 0. The molecule has 0 aromatic heterocycles. The summed E-state index contributed by atoms with van der Waals surface area (Å²) in [4.78, 5) is 0. The van der Waals surface area contributed by atoms with Crippen molar-refractivity contribution in [3.63, 3.8) is 0 Å². The van der Waals surface area contributed by atoms with Gasteiger partial charge in [-0.2, -0.15) is 0 Å².